The number of hydrogen-bond donors (Lipinski definition) is 1. The molecule has 1 fully saturated rings. The number of carboxylic acid groups (broad SMARTS) is 1. The summed E-state index contributed by atoms with van der Waals surface area (Å²) >= 11 is 0. The quantitative estimate of drug-likeness (QED) is 0.893. The average molecular weight is 264 g/mol. The second-order valence-corrected chi connectivity index (χ2v) is 5.29. The Morgan fingerprint density at radius 2 is 1.84 bits per heavy atom. The SMILES string of the molecule is Cc1ccc(C2(C(=O)O)CCC(=O)CC2)c(C)c1F. The van der Waals surface area contributed by atoms with E-state index in [1.807, 2.05) is 0 Å². The van der Waals surface area contributed by atoms with Gasteiger partial charge in [0.1, 0.15) is 11.6 Å². The molecular weight excluding hydrogens is 247 g/mol. The number of rotatable bonds is 2. The van der Waals surface area contributed by atoms with Crippen molar-refractivity contribution in [1.82, 2.24) is 0 Å². The summed E-state index contributed by atoms with van der Waals surface area (Å²) < 4.78 is 14.0. The van der Waals surface area contributed by atoms with Crippen LogP contribution in [0.15, 0.2) is 12.1 Å². The number of aryl methyl sites for hydroxylation is 1. The van der Waals surface area contributed by atoms with Crippen LogP contribution in [0.2, 0.25) is 0 Å². The van der Waals surface area contributed by atoms with E-state index in [9.17, 15) is 19.1 Å². The van der Waals surface area contributed by atoms with Crippen molar-refractivity contribution < 1.29 is 19.1 Å². The molecule has 19 heavy (non-hydrogen) atoms. The summed E-state index contributed by atoms with van der Waals surface area (Å²) in [4.78, 5) is 23.0. The van der Waals surface area contributed by atoms with Gasteiger partial charge in [-0.1, -0.05) is 12.1 Å². The molecule has 1 aromatic rings. The highest BCUT2D eigenvalue weighted by atomic mass is 19.1. The first kappa shape index (κ1) is 13.7. The molecule has 1 saturated carbocycles. The fourth-order valence-electron chi connectivity index (χ4n) is 2.89. The summed E-state index contributed by atoms with van der Waals surface area (Å²) in [5.41, 5.74) is 0.285. The highest BCUT2D eigenvalue weighted by Crippen LogP contribution is 2.41. The van der Waals surface area contributed by atoms with Crippen LogP contribution in [0.1, 0.15) is 42.4 Å². The van der Waals surface area contributed by atoms with Gasteiger partial charge in [0.05, 0.1) is 5.41 Å². The Hall–Kier alpha value is -1.71. The van der Waals surface area contributed by atoms with E-state index in [1.165, 1.54) is 0 Å². The standard InChI is InChI=1S/C15H17FO3/c1-9-3-4-12(10(2)13(9)16)15(14(18)19)7-5-11(17)6-8-15/h3-4H,5-8H2,1-2H3,(H,18,19). The van der Waals surface area contributed by atoms with Gasteiger partial charge >= 0.3 is 5.97 Å². The number of aliphatic carboxylic acids is 1. The number of carbonyl (C=O) groups is 2. The number of halogens is 1. The van der Waals surface area contributed by atoms with Crippen molar-refractivity contribution in [3.8, 4) is 0 Å². The van der Waals surface area contributed by atoms with Gasteiger partial charge in [0.25, 0.3) is 0 Å². The van der Waals surface area contributed by atoms with E-state index in [0.717, 1.165) is 0 Å². The smallest absolute Gasteiger partial charge is 0.314 e. The summed E-state index contributed by atoms with van der Waals surface area (Å²) in [6.45, 7) is 3.27. The summed E-state index contributed by atoms with van der Waals surface area (Å²) in [7, 11) is 0. The molecule has 0 aliphatic heterocycles. The van der Waals surface area contributed by atoms with Gasteiger partial charge < -0.3 is 5.11 Å². The van der Waals surface area contributed by atoms with Gasteiger partial charge in [0, 0.05) is 12.8 Å². The third-order valence-corrected chi connectivity index (χ3v) is 4.17. The van der Waals surface area contributed by atoms with Crippen molar-refractivity contribution in [2.75, 3.05) is 0 Å². The fraction of sp³-hybridized carbons (Fsp3) is 0.467. The van der Waals surface area contributed by atoms with Gasteiger partial charge in [0.2, 0.25) is 0 Å². The van der Waals surface area contributed by atoms with Crippen molar-refractivity contribution in [1.29, 1.82) is 0 Å². The van der Waals surface area contributed by atoms with Crippen LogP contribution in [-0.4, -0.2) is 16.9 Å². The second kappa shape index (κ2) is 4.76. The number of carbonyl (C=O) groups excluding carboxylic acids is 1. The van der Waals surface area contributed by atoms with E-state index in [0.29, 0.717) is 16.7 Å². The van der Waals surface area contributed by atoms with Crippen LogP contribution < -0.4 is 0 Å². The Morgan fingerprint density at radius 3 is 2.37 bits per heavy atom. The zero-order valence-corrected chi connectivity index (χ0v) is 11.1. The second-order valence-electron chi connectivity index (χ2n) is 5.29. The van der Waals surface area contributed by atoms with Crippen LogP contribution in [0.5, 0.6) is 0 Å². The van der Waals surface area contributed by atoms with Crippen LogP contribution in [0, 0.1) is 19.7 Å². The Kier molecular flexibility index (Phi) is 3.43. The van der Waals surface area contributed by atoms with Gasteiger partial charge in [-0.2, -0.15) is 0 Å². The lowest BCUT2D eigenvalue weighted by Gasteiger charge is -2.34. The predicted molar refractivity (Wildman–Crippen MR) is 68.7 cm³/mol. The molecule has 4 heteroatoms. The number of hydrogen-bond acceptors (Lipinski definition) is 2. The van der Waals surface area contributed by atoms with Gasteiger partial charge in [-0.25, -0.2) is 4.39 Å². The first-order chi connectivity index (χ1) is 8.88. The van der Waals surface area contributed by atoms with E-state index in [4.69, 9.17) is 0 Å². The van der Waals surface area contributed by atoms with Crippen LogP contribution in [-0.2, 0) is 15.0 Å². The average Bonchev–Trinajstić information content (AvgIpc) is 2.37. The monoisotopic (exact) mass is 264 g/mol. The lowest BCUT2D eigenvalue weighted by atomic mass is 9.67. The van der Waals surface area contributed by atoms with Crippen molar-refractivity contribution in [2.24, 2.45) is 0 Å². The lowest BCUT2D eigenvalue weighted by molar-refractivity contribution is -0.146. The topological polar surface area (TPSA) is 54.4 Å². The first-order valence-corrected chi connectivity index (χ1v) is 6.40. The van der Waals surface area contributed by atoms with E-state index < -0.39 is 11.4 Å². The highest BCUT2D eigenvalue weighted by Gasteiger charge is 2.44. The minimum Gasteiger partial charge on any atom is -0.481 e. The molecule has 0 atom stereocenters. The molecule has 3 nitrogen and oxygen atoms in total. The van der Waals surface area contributed by atoms with Gasteiger partial charge in [-0.05, 0) is 43.4 Å². The Labute approximate surface area is 111 Å². The van der Waals surface area contributed by atoms with E-state index in [2.05, 4.69) is 0 Å². The predicted octanol–water partition coefficient (Wildman–Crippen LogP) is 2.91. The van der Waals surface area contributed by atoms with Gasteiger partial charge in [-0.15, -0.1) is 0 Å². The number of ketones is 1. The number of Topliss-reactive ketones (excluding diaryl/α,β-unsaturated/α-hetero) is 1. The largest absolute Gasteiger partial charge is 0.481 e. The van der Waals surface area contributed by atoms with Crippen LogP contribution in [0.25, 0.3) is 0 Å². The van der Waals surface area contributed by atoms with Gasteiger partial charge in [0.15, 0.2) is 0 Å². The maximum Gasteiger partial charge on any atom is 0.314 e. The van der Waals surface area contributed by atoms with Crippen molar-refractivity contribution >= 4 is 11.8 Å². The molecule has 0 unspecified atom stereocenters. The molecule has 0 saturated heterocycles. The molecule has 1 aliphatic carbocycles. The van der Waals surface area contributed by atoms with Crippen LogP contribution >= 0.6 is 0 Å². The first-order valence-electron chi connectivity index (χ1n) is 6.40. The molecule has 0 amide bonds. The molecule has 1 aromatic carbocycles. The fourth-order valence-corrected chi connectivity index (χ4v) is 2.89. The van der Waals surface area contributed by atoms with Crippen molar-refractivity contribution in [2.45, 2.75) is 44.9 Å². The minimum absolute atomic E-state index is 0.0853. The number of carboxylic acids is 1. The lowest BCUT2D eigenvalue weighted by Crippen LogP contribution is -2.40. The van der Waals surface area contributed by atoms with Gasteiger partial charge in [-0.3, -0.25) is 9.59 Å². The third-order valence-electron chi connectivity index (χ3n) is 4.17. The molecule has 1 N–H and O–H groups in total. The summed E-state index contributed by atoms with van der Waals surface area (Å²) in [6, 6.07) is 3.30. The summed E-state index contributed by atoms with van der Waals surface area (Å²) in [6.07, 6.45) is 1.01. The van der Waals surface area contributed by atoms with Crippen molar-refractivity contribution in [3.05, 3.63) is 34.6 Å². The summed E-state index contributed by atoms with van der Waals surface area (Å²) in [5, 5.41) is 9.58. The Bertz CT molecular complexity index is 539. The molecule has 1 aliphatic rings. The van der Waals surface area contributed by atoms with Crippen LogP contribution in [0.4, 0.5) is 4.39 Å². The maximum atomic E-state index is 14.0. The molecule has 0 spiro atoms. The highest BCUT2D eigenvalue weighted by molar-refractivity contribution is 5.87. The molecule has 2 rings (SSSR count). The Balaban J connectivity index is 2.55. The molecule has 102 valence electrons. The molecule has 0 radical (unpaired) electrons. The zero-order chi connectivity index (χ0) is 14.2. The molecule has 0 aromatic heterocycles. The van der Waals surface area contributed by atoms with E-state index >= 15 is 0 Å². The Morgan fingerprint density at radius 1 is 1.26 bits per heavy atom. The zero-order valence-electron chi connectivity index (χ0n) is 11.1. The van der Waals surface area contributed by atoms with Crippen LogP contribution in [0.3, 0.4) is 0 Å². The minimum atomic E-state index is -1.12. The molecule has 0 heterocycles. The normalized spacial score (nSPS) is 18.4. The molecule has 0 bridgehead atoms. The number of benzene rings is 1. The molecular formula is C15H17FO3. The van der Waals surface area contributed by atoms with E-state index in [-0.39, 0.29) is 37.3 Å². The maximum absolute atomic E-state index is 14.0. The third kappa shape index (κ3) is 2.15. The van der Waals surface area contributed by atoms with E-state index in [1.54, 1.807) is 26.0 Å². The summed E-state index contributed by atoms with van der Waals surface area (Å²) in [5.74, 6) is -1.23. The van der Waals surface area contributed by atoms with Crippen molar-refractivity contribution in [3.63, 3.8) is 0 Å².